The quantitative estimate of drug-likeness (QED) is 0.638. The van der Waals surface area contributed by atoms with Gasteiger partial charge in [0.15, 0.2) is 5.15 Å². The average Bonchev–Trinajstić information content (AvgIpc) is 2.14. The number of carboxylic acid groups (broad SMARTS) is 1. The molecule has 0 aromatic carbocycles. The maximum absolute atomic E-state index is 10.2. The maximum Gasteiger partial charge on any atom is 0.359 e. The van der Waals surface area contributed by atoms with E-state index in [2.05, 4.69) is 10.3 Å². The first kappa shape index (κ1) is 7.01. The van der Waals surface area contributed by atoms with E-state index in [1.165, 1.54) is 11.7 Å². The SMILES string of the molecule is Cn1nnc(C(=O)O)c1Cl. The molecule has 5 nitrogen and oxygen atoms in total. The van der Waals surface area contributed by atoms with E-state index in [4.69, 9.17) is 16.7 Å². The lowest BCUT2D eigenvalue weighted by Crippen LogP contribution is -1.97. The number of halogens is 1. The van der Waals surface area contributed by atoms with E-state index >= 15 is 0 Å². The topological polar surface area (TPSA) is 68.0 Å². The van der Waals surface area contributed by atoms with Crippen LogP contribution in [0.5, 0.6) is 0 Å². The first-order chi connectivity index (χ1) is 4.63. The number of aromatic nitrogens is 3. The molecule has 0 amide bonds. The van der Waals surface area contributed by atoms with Crippen molar-refractivity contribution >= 4 is 17.6 Å². The van der Waals surface area contributed by atoms with E-state index in [-0.39, 0.29) is 10.8 Å². The Bertz CT molecular complexity index is 269. The highest BCUT2D eigenvalue weighted by atomic mass is 35.5. The van der Waals surface area contributed by atoms with Gasteiger partial charge < -0.3 is 5.11 Å². The second kappa shape index (κ2) is 2.26. The van der Waals surface area contributed by atoms with Crippen LogP contribution in [-0.4, -0.2) is 26.1 Å². The molecule has 1 aromatic rings. The maximum atomic E-state index is 10.2. The largest absolute Gasteiger partial charge is 0.476 e. The van der Waals surface area contributed by atoms with Gasteiger partial charge >= 0.3 is 5.97 Å². The van der Waals surface area contributed by atoms with Crippen LogP contribution in [0.1, 0.15) is 10.5 Å². The summed E-state index contributed by atoms with van der Waals surface area (Å²) in [7, 11) is 1.52. The highest BCUT2D eigenvalue weighted by Crippen LogP contribution is 2.09. The number of carboxylic acids is 1. The number of hydrogen-bond acceptors (Lipinski definition) is 3. The molecular weight excluding hydrogens is 158 g/mol. The van der Waals surface area contributed by atoms with Crippen LogP contribution in [0.15, 0.2) is 0 Å². The van der Waals surface area contributed by atoms with E-state index in [1.807, 2.05) is 0 Å². The first-order valence-corrected chi connectivity index (χ1v) is 2.79. The second-order valence-electron chi connectivity index (χ2n) is 1.66. The predicted molar refractivity (Wildman–Crippen MR) is 33.0 cm³/mol. The van der Waals surface area contributed by atoms with E-state index in [9.17, 15) is 4.79 Å². The van der Waals surface area contributed by atoms with Crippen LogP contribution in [0.25, 0.3) is 0 Å². The van der Waals surface area contributed by atoms with Gasteiger partial charge in [0.25, 0.3) is 0 Å². The van der Waals surface area contributed by atoms with Crippen LogP contribution >= 0.6 is 11.6 Å². The molecule has 54 valence electrons. The van der Waals surface area contributed by atoms with Gasteiger partial charge in [0.05, 0.1) is 0 Å². The third kappa shape index (κ3) is 0.950. The standard InChI is InChI=1S/C4H4ClN3O2/c1-8-3(5)2(4(9)10)6-7-8/h1H3,(H,9,10). The molecule has 0 saturated carbocycles. The number of carbonyl (C=O) groups is 1. The molecule has 0 radical (unpaired) electrons. The second-order valence-corrected chi connectivity index (χ2v) is 2.02. The molecule has 0 unspecified atom stereocenters. The lowest BCUT2D eigenvalue weighted by atomic mass is 10.5. The fraction of sp³-hybridized carbons (Fsp3) is 0.250. The molecule has 1 aromatic heterocycles. The average molecular weight is 162 g/mol. The molecule has 0 atom stereocenters. The van der Waals surface area contributed by atoms with Crippen molar-refractivity contribution in [2.24, 2.45) is 7.05 Å². The van der Waals surface area contributed by atoms with Crippen molar-refractivity contribution in [2.75, 3.05) is 0 Å². The molecule has 0 aliphatic rings. The zero-order valence-corrected chi connectivity index (χ0v) is 5.83. The van der Waals surface area contributed by atoms with Gasteiger partial charge in [-0.15, -0.1) is 5.10 Å². The Morgan fingerprint density at radius 1 is 1.80 bits per heavy atom. The lowest BCUT2D eigenvalue weighted by Gasteiger charge is -1.86. The third-order valence-electron chi connectivity index (χ3n) is 0.961. The fourth-order valence-corrected chi connectivity index (χ4v) is 0.629. The van der Waals surface area contributed by atoms with Gasteiger partial charge in [-0.2, -0.15) is 0 Å². The van der Waals surface area contributed by atoms with Crippen molar-refractivity contribution in [3.05, 3.63) is 10.8 Å². The Morgan fingerprint density at radius 2 is 2.40 bits per heavy atom. The van der Waals surface area contributed by atoms with Crippen LogP contribution in [0.4, 0.5) is 0 Å². The van der Waals surface area contributed by atoms with Gasteiger partial charge in [-0.1, -0.05) is 16.8 Å². The van der Waals surface area contributed by atoms with Crippen LogP contribution in [-0.2, 0) is 7.05 Å². The minimum absolute atomic E-state index is 0.0347. The van der Waals surface area contributed by atoms with Gasteiger partial charge in [-0.25, -0.2) is 9.48 Å². The summed E-state index contributed by atoms with van der Waals surface area (Å²) in [5.41, 5.74) is -0.218. The van der Waals surface area contributed by atoms with Crippen molar-refractivity contribution in [2.45, 2.75) is 0 Å². The number of nitrogens with zero attached hydrogens (tertiary/aromatic N) is 3. The molecule has 1 heterocycles. The van der Waals surface area contributed by atoms with Gasteiger partial charge in [-0.3, -0.25) is 0 Å². The minimum atomic E-state index is -1.17. The van der Waals surface area contributed by atoms with Gasteiger partial charge in [0, 0.05) is 7.05 Å². The number of hydrogen-bond donors (Lipinski definition) is 1. The molecule has 0 aliphatic heterocycles. The molecule has 1 N–H and O–H groups in total. The summed E-state index contributed by atoms with van der Waals surface area (Å²) in [6.07, 6.45) is 0. The van der Waals surface area contributed by atoms with Crippen molar-refractivity contribution in [1.29, 1.82) is 0 Å². The summed E-state index contributed by atoms with van der Waals surface area (Å²) >= 11 is 5.46. The Morgan fingerprint density at radius 3 is 2.60 bits per heavy atom. The molecule has 0 bridgehead atoms. The first-order valence-electron chi connectivity index (χ1n) is 2.41. The smallest absolute Gasteiger partial charge is 0.359 e. The highest BCUT2D eigenvalue weighted by Gasteiger charge is 2.14. The van der Waals surface area contributed by atoms with Crippen LogP contribution < -0.4 is 0 Å². The molecule has 0 saturated heterocycles. The van der Waals surface area contributed by atoms with Crippen molar-refractivity contribution in [3.63, 3.8) is 0 Å². The van der Waals surface area contributed by atoms with Crippen LogP contribution in [0.2, 0.25) is 5.15 Å². The lowest BCUT2D eigenvalue weighted by molar-refractivity contribution is 0.0690. The summed E-state index contributed by atoms with van der Waals surface area (Å²) in [5, 5.41) is 15.1. The molecule has 0 spiro atoms. The molecule has 0 aliphatic carbocycles. The molecule has 1 rings (SSSR count). The van der Waals surface area contributed by atoms with E-state index in [0.717, 1.165) is 0 Å². The molecular formula is C4H4ClN3O2. The molecule has 0 fully saturated rings. The summed E-state index contributed by atoms with van der Waals surface area (Å²) in [5.74, 6) is -1.17. The monoisotopic (exact) mass is 161 g/mol. The normalized spacial score (nSPS) is 9.80. The minimum Gasteiger partial charge on any atom is -0.476 e. The highest BCUT2D eigenvalue weighted by molar-refractivity contribution is 6.32. The summed E-state index contributed by atoms with van der Waals surface area (Å²) in [6, 6.07) is 0. The zero-order chi connectivity index (χ0) is 7.72. The number of rotatable bonds is 1. The van der Waals surface area contributed by atoms with E-state index in [0.29, 0.717) is 0 Å². The van der Waals surface area contributed by atoms with Gasteiger partial charge in [-0.05, 0) is 0 Å². The van der Waals surface area contributed by atoms with Gasteiger partial charge in [0.1, 0.15) is 0 Å². The molecule has 10 heavy (non-hydrogen) atoms. The Kier molecular flexibility index (Phi) is 1.58. The zero-order valence-electron chi connectivity index (χ0n) is 5.08. The van der Waals surface area contributed by atoms with Crippen molar-refractivity contribution in [3.8, 4) is 0 Å². The number of aryl methyl sites for hydroxylation is 1. The Labute approximate surface area is 61.2 Å². The summed E-state index contributed by atoms with van der Waals surface area (Å²) < 4.78 is 1.19. The van der Waals surface area contributed by atoms with Crippen molar-refractivity contribution < 1.29 is 9.90 Å². The van der Waals surface area contributed by atoms with Crippen molar-refractivity contribution in [1.82, 2.24) is 15.0 Å². The summed E-state index contributed by atoms with van der Waals surface area (Å²) in [4.78, 5) is 10.2. The Balaban J connectivity index is 3.17. The van der Waals surface area contributed by atoms with Crippen LogP contribution in [0.3, 0.4) is 0 Å². The van der Waals surface area contributed by atoms with Gasteiger partial charge in [0.2, 0.25) is 5.69 Å². The Hall–Kier alpha value is -1.10. The molecule has 6 heteroatoms. The number of aromatic carboxylic acids is 1. The van der Waals surface area contributed by atoms with E-state index in [1.54, 1.807) is 0 Å². The fourth-order valence-electron chi connectivity index (χ4n) is 0.477. The third-order valence-corrected chi connectivity index (χ3v) is 1.38. The van der Waals surface area contributed by atoms with E-state index < -0.39 is 5.97 Å². The summed E-state index contributed by atoms with van der Waals surface area (Å²) in [6.45, 7) is 0. The van der Waals surface area contributed by atoms with Crippen LogP contribution in [0, 0.1) is 0 Å². The predicted octanol–water partition coefficient (Wildman–Crippen LogP) is 0.167.